The normalized spacial score (nSPS) is 9.07. The molecular formula is C10H16N2OS. The SMILES string of the molecule is CC(C)NC(=O)Nc1ccccc1.S. The van der Waals surface area contributed by atoms with Crippen molar-refractivity contribution in [1.82, 2.24) is 5.32 Å². The summed E-state index contributed by atoms with van der Waals surface area (Å²) in [5.74, 6) is 0. The molecule has 0 spiro atoms. The number of urea groups is 1. The number of carbonyl (C=O) groups excluding carboxylic acids is 1. The van der Waals surface area contributed by atoms with E-state index in [4.69, 9.17) is 0 Å². The number of rotatable bonds is 2. The number of carbonyl (C=O) groups is 1. The van der Waals surface area contributed by atoms with E-state index < -0.39 is 0 Å². The van der Waals surface area contributed by atoms with Gasteiger partial charge in [-0.1, -0.05) is 18.2 Å². The molecule has 2 N–H and O–H groups in total. The number of hydrogen-bond donors (Lipinski definition) is 2. The highest BCUT2D eigenvalue weighted by Crippen LogP contribution is 2.04. The Morgan fingerprint density at radius 3 is 2.29 bits per heavy atom. The summed E-state index contributed by atoms with van der Waals surface area (Å²) in [7, 11) is 0. The first kappa shape index (κ1) is 12.8. The van der Waals surface area contributed by atoms with Crippen LogP contribution >= 0.6 is 13.5 Å². The van der Waals surface area contributed by atoms with Gasteiger partial charge in [0.15, 0.2) is 0 Å². The molecule has 3 nitrogen and oxygen atoms in total. The van der Waals surface area contributed by atoms with Crippen molar-refractivity contribution in [2.75, 3.05) is 5.32 Å². The lowest BCUT2D eigenvalue weighted by atomic mass is 10.3. The Hall–Kier alpha value is -1.16. The first-order valence-electron chi connectivity index (χ1n) is 4.31. The zero-order chi connectivity index (χ0) is 9.68. The van der Waals surface area contributed by atoms with Crippen molar-refractivity contribution in [2.45, 2.75) is 19.9 Å². The molecule has 1 aromatic carbocycles. The van der Waals surface area contributed by atoms with Crippen LogP contribution in [0.4, 0.5) is 10.5 Å². The summed E-state index contributed by atoms with van der Waals surface area (Å²) in [6, 6.07) is 9.35. The van der Waals surface area contributed by atoms with E-state index in [0.717, 1.165) is 5.69 Å². The number of nitrogens with one attached hydrogen (secondary N) is 2. The van der Waals surface area contributed by atoms with Gasteiger partial charge >= 0.3 is 6.03 Å². The van der Waals surface area contributed by atoms with Crippen LogP contribution in [0.1, 0.15) is 13.8 Å². The van der Waals surface area contributed by atoms with E-state index in [9.17, 15) is 4.79 Å². The van der Waals surface area contributed by atoms with Crippen LogP contribution in [0.2, 0.25) is 0 Å². The largest absolute Gasteiger partial charge is 0.336 e. The molecule has 0 unspecified atom stereocenters. The fourth-order valence-electron chi connectivity index (χ4n) is 0.951. The third-order valence-electron chi connectivity index (χ3n) is 1.45. The summed E-state index contributed by atoms with van der Waals surface area (Å²) in [6.07, 6.45) is 0. The Morgan fingerprint density at radius 2 is 1.79 bits per heavy atom. The molecule has 0 bridgehead atoms. The van der Waals surface area contributed by atoms with E-state index in [-0.39, 0.29) is 25.6 Å². The minimum absolute atomic E-state index is 0. The predicted octanol–water partition coefficient (Wildman–Crippen LogP) is 2.33. The fraction of sp³-hybridized carbons (Fsp3) is 0.300. The van der Waals surface area contributed by atoms with Crippen molar-refractivity contribution in [3.8, 4) is 0 Å². The molecule has 0 aliphatic carbocycles. The Labute approximate surface area is 91.3 Å². The number of amides is 2. The van der Waals surface area contributed by atoms with Crippen molar-refractivity contribution >= 4 is 25.2 Å². The van der Waals surface area contributed by atoms with Crippen LogP contribution < -0.4 is 10.6 Å². The highest BCUT2D eigenvalue weighted by Gasteiger charge is 2.01. The van der Waals surface area contributed by atoms with Crippen LogP contribution in [-0.2, 0) is 0 Å². The first-order valence-corrected chi connectivity index (χ1v) is 4.31. The molecule has 1 rings (SSSR count). The molecule has 1 aromatic rings. The van der Waals surface area contributed by atoms with Gasteiger partial charge in [-0.3, -0.25) is 0 Å². The van der Waals surface area contributed by atoms with E-state index in [1.54, 1.807) is 0 Å². The van der Waals surface area contributed by atoms with Gasteiger partial charge in [0.2, 0.25) is 0 Å². The van der Waals surface area contributed by atoms with Crippen molar-refractivity contribution in [3.05, 3.63) is 30.3 Å². The predicted molar refractivity (Wildman–Crippen MR) is 64.1 cm³/mol. The second kappa shape index (κ2) is 6.32. The average molecular weight is 212 g/mol. The van der Waals surface area contributed by atoms with Gasteiger partial charge < -0.3 is 10.6 Å². The van der Waals surface area contributed by atoms with Crippen molar-refractivity contribution < 1.29 is 4.79 Å². The molecule has 0 radical (unpaired) electrons. The minimum Gasteiger partial charge on any atom is -0.336 e. The maximum Gasteiger partial charge on any atom is 0.319 e. The van der Waals surface area contributed by atoms with Gasteiger partial charge in [-0.2, -0.15) is 13.5 Å². The van der Waals surface area contributed by atoms with Crippen LogP contribution in [0.5, 0.6) is 0 Å². The molecule has 0 aliphatic heterocycles. The second-order valence-corrected chi connectivity index (χ2v) is 3.12. The van der Waals surface area contributed by atoms with Gasteiger partial charge in [-0.05, 0) is 26.0 Å². The van der Waals surface area contributed by atoms with Gasteiger partial charge in [0.1, 0.15) is 0 Å². The second-order valence-electron chi connectivity index (χ2n) is 3.12. The Balaban J connectivity index is 0.00000169. The van der Waals surface area contributed by atoms with Gasteiger partial charge in [0.25, 0.3) is 0 Å². The molecule has 0 atom stereocenters. The average Bonchev–Trinajstić information content (AvgIpc) is 2.04. The number of para-hydroxylation sites is 1. The number of benzene rings is 1. The van der Waals surface area contributed by atoms with Crippen molar-refractivity contribution in [3.63, 3.8) is 0 Å². The number of hydrogen-bond acceptors (Lipinski definition) is 1. The van der Waals surface area contributed by atoms with Gasteiger partial charge in [-0.15, -0.1) is 0 Å². The minimum atomic E-state index is -0.166. The lowest BCUT2D eigenvalue weighted by molar-refractivity contribution is 0.250. The van der Waals surface area contributed by atoms with Gasteiger partial charge in [-0.25, -0.2) is 4.79 Å². The van der Waals surface area contributed by atoms with Crippen LogP contribution in [0.25, 0.3) is 0 Å². The summed E-state index contributed by atoms with van der Waals surface area (Å²) >= 11 is 0. The number of anilines is 1. The lowest BCUT2D eigenvalue weighted by Crippen LogP contribution is -2.34. The zero-order valence-corrected chi connectivity index (χ0v) is 9.37. The smallest absolute Gasteiger partial charge is 0.319 e. The molecule has 0 aromatic heterocycles. The summed E-state index contributed by atoms with van der Waals surface area (Å²) in [4.78, 5) is 11.2. The standard InChI is InChI=1S/C10H14N2O.H2S/c1-8(2)11-10(13)12-9-6-4-3-5-7-9;/h3-8H,1-2H3,(H2,11,12,13);1H2. The Morgan fingerprint density at radius 1 is 1.21 bits per heavy atom. The Kier molecular flexibility index (Phi) is 5.79. The molecular weight excluding hydrogens is 196 g/mol. The van der Waals surface area contributed by atoms with E-state index in [0.29, 0.717) is 0 Å². The van der Waals surface area contributed by atoms with Crippen LogP contribution in [-0.4, -0.2) is 12.1 Å². The molecule has 0 heterocycles. The third kappa shape index (κ3) is 4.77. The molecule has 0 fully saturated rings. The van der Waals surface area contributed by atoms with Crippen LogP contribution in [0.3, 0.4) is 0 Å². The fourth-order valence-corrected chi connectivity index (χ4v) is 0.951. The van der Waals surface area contributed by atoms with Crippen molar-refractivity contribution in [2.24, 2.45) is 0 Å². The summed E-state index contributed by atoms with van der Waals surface area (Å²) < 4.78 is 0. The maximum absolute atomic E-state index is 11.2. The highest BCUT2D eigenvalue weighted by atomic mass is 32.1. The van der Waals surface area contributed by atoms with E-state index in [1.165, 1.54) is 0 Å². The zero-order valence-electron chi connectivity index (χ0n) is 8.37. The molecule has 0 aliphatic rings. The van der Waals surface area contributed by atoms with Gasteiger partial charge in [0.05, 0.1) is 0 Å². The maximum atomic E-state index is 11.2. The van der Waals surface area contributed by atoms with E-state index >= 15 is 0 Å². The van der Waals surface area contributed by atoms with Gasteiger partial charge in [0, 0.05) is 11.7 Å². The third-order valence-corrected chi connectivity index (χ3v) is 1.45. The molecule has 14 heavy (non-hydrogen) atoms. The molecule has 4 heteroatoms. The quantitative estimate of drug-likeness (QED) is 0.776. The van der Waals surface area contributed by atoms with Crippen molar-refractivity contribution in [1.29, 1.82) is 0 Å². The summed E-state index contributed by atoms with van der Waals surface area (Å²) in [5, 5.41) is 5.46. The Bertz CT molecular complexity index is 275. The van der Waals surface area contributed by atoms with Crippen LogP contribution in [0, 0.1) is 0 Å². The molecule has 2 amide bonds. The van der Waals surface area contributed by atoms with Crippen LogP contribution in [0.15, 0.2) is 30.3 Å². The molecule has 78 valence electrons. The molecule has 0 saturated heterocycles. The summed E-state index contributed by atoms with van der Waals surface area (Å²) in [6.45, 7) is 3.84. The summed E-state index contributed by atoms with van der Waals surface area (Å²) in [5.41, 5.74) is 0.806. The van der Waals surface area contributed by atoms with E-state index in [1.807, 2.05) is 44.2 Å². The lowest BCUT2D eigenvalue weighted by Gasteiger charge is -2.09. The molecule has 0 saturated carbocycles. The monoisotopic (exact) mass is 212 g/mol. The van der Waals surface area contributed by atoms with E-state index in [2.05, 4.69) is 10.6 Å². The highest BCUT2D eigenvalue weighted by molar-refractivity contribution is 7.59. The first-order chi connectivity index (χ1) is 6.18. The topological polar surface area (TPSA) is 41.1 Å².